The Morgan fingerprint density at radius 1 is 1.47 bits per heavy atom. The minimum Gasteiger partial charge on any atom is -0.469 e. The maximum Gasteiger partial charge on any atom is 0.416 e. The molecule has 0 aromatic heterocycles. The van der Waals surface area contributed by atoms with Crippen LogP contribution in [-0.4, -0.2) is 13.1 Å². The van der Waals surface area contributed by atoms with E-state index in [0.29, 0.717) is 12.1 Å². The molecule has 0 aliphatic rings. The zero-order valence-corrected chi connectivity index (χ0v) is 10.5. The fourth-order valence-electron chi connectivity index (χ4n) is 1.42. The molecule has 0 saturated heterocycles. The van der Waals surface area contributed by atoms with Crippen molar-refractivity contribution >= 4 is 17.6 Å². The van der Waals surface area contributed by atoms with Gasteiger partial charge < -0.3 is 10.5 Å². The van der Waals surface area contributed by atoms with Crippen LogP contribution in [0.25, 0.3) is 0 Å². The number of esters is 1. The topological polar surface area (TPSA) is 52.3 Å². The predicted molar refractivity (Wildman–Crippen MR) is 60.0 cm³/mol. The van der Waals surface area contributed by atoms with Crippen LogP contribution in [0.4, 0.5) is 17.6 Å². The monoisotopic (exact) mass is 299 g/mol. The lowest BCUT2D eigenvalue weighted by atomic mass is 10.0. The van der Waals surface area contributed by atoms with E-state index in [-0.39, 0.29) is 0 Å². The number of ether oxygens (including phenoxy) is 1. The number of carbonyl (C=O) groups excluding carboxylic acids is 1. The molecule has 0 fully saturated rings. The van der Waals surface area contributed by atoms with Crippen LogP contribution in [0.1, 0.15) is 23.6 Å². The van der Waals surface area contributed by atoms with Gasteiger partial charge in [0.15, 0.2) is 0 Å². The molecule has 0 amide bonds. The summed E-state index contributed by atoms with van der Waals surface area (Å²) >= 11 is 5.39. The first-order valence-corrected chi connectivity index (χ1v) is 5.43. The van der Waals surface area contributed by atoms with Gasteiger partial charge >= 0.3 is 12.1 Å². The van der Waals surface area contributed by atoms with E-state index in [4.69, 9.17) is 17.3 Å². The fourth-order valence-corrected chi connectivity index (χ4v) is 1.64. The molecule has 0 saturated carbocycles. The lowest BCUT2D eigenvalue weighted by Crippen LogP contribution is -2.19. The molecule has 0 bridgehead atoms. The number of carbonyl (C=O) groups is 1. The van der Waals surface area contributed by atoms with Crippen LogP contribution < -0.4 is 5.73 Å². The maximum atomic E-state index is 13.6. The summed E-state index contributed by atoms with van der Waals surface area (Å²) in [5.41, 5.74) is 3.87. The normalized spacial score (nSPS) is 13.2. The zero-order chi connectivity index (χ0) is 14.8. The quantitative estimate of drug-likeness (QED) is 0.689. The van der Waals surface area contributed by atoms with Gasteiger partial charge in [-0.15, -0.1) is 0 Å². The summed E-state index contributed by atoms with van der Waals surface area (Å²) < 4.78 is 55.6. The molecule has 1 atom stereocenters. The average molecular weight is 300 g/mol. The molecule has 106 valence electrons. The highest BCUT2D eigenvalue weighted by atomic mass is 35.5. The van der Waals surface area contributed by atoms with Crippen LogP contribution >= 0.6 is 11.6 Å². The Bertz CT molecular complexity index is 490. The standard InChI is InChI=1S/C11H10ClF4NO2/c1-19-9(18)4-8(17)6-2-5(11(14,15)16)3-7(12)10(6)13/h2-3,8H,4,17H2,1H3/t8-/m1/s1. The summed E-state index contributed by atoms with van der Waals surface area (Å²) in [6.07, 6.45) is -5.14. The second-order valence-corrected chi connectivity index (χ2v) is 4.15. The number of hydrogen-bond acceptors (Lipinski definition) is 3. The summed E-state index contributed by atoms with van der Waals surface area (Å²) in [4.78, 5) is 11.0. The number of benzene rings is 1. The van der Waals surface area contributed by atoms with Crippen molar-refractivity contribution in [1.29, 1.82) is 0 Å². The van der Waals surface area contributed by atoms with Crippen molar-refractivity contribution in [3.63, 3.8) is 0 Å². The Morgan fingerprint density at radius 2 is 2.05 bits per heavy atom. The molecule has 0 heterocycles. The number of nitrogens with two attached hydrogens (primary N) is 1. The van der Waals surface area contributed by atoms with Crippen molar-refractivity contribution in [1.82, 2.24) is 0 Å². The van der Waals surface area contributed by atoms with Crippen LogP contribution in [-0.2, 0) is 15.7 Å². The van der Waals surface area contributed by atoms with Gasteiger partial charge in [-0.1, -0.05) is 11.6 Å². The van der Waals surface area contributed by atoms with Gasteiger partial charge in [0.1, 0.15) is 5.82 Å². The van der Waals surface area contributed by atoms with E-state index < -0.39 is 46.6 Å². The molecule has 0 aliphatic carbocycles. The molecule has 8 heteroatoms. The highest BCUT2D eigenvalue weighted by molar-refractivity contribution is 6.30. The molecule has 19 heavy (non-hydrogen) atoms. The largest absolute Gasteiger partial charge is 0.469 e. The second kappa shape index (κ2) is 5.75. The highest BCUT2D eigenvalue weighted by Gasteiger charge is 2.33. The van der Waals surface area contributed by atoms with E-state index in [2.05, 4.69) is 4.74 Å². The van der Waals surface area contributed by atoms with Gasteiger partial charge in [-0.05, 0) is 12.1 Å². The molecule has 1 rings (SSSR count). The van der Waals surface area contributed by atoms with Gasteiger partial charge in [-0.2, -0.15) is 13.2 Å². The van der Waals surface area contributed by atoms with Crippen LogP contribution in [0.5, 0.6) is 0 Å². The molecule has 1 aromatic carbocycles. The molecular weight excluding hydrogens is 290 g/mol. The number of alkyl halides is 3. The Hall–Kier alpha value is -1.34. The Kier molecular flexibility index (Phi) is 4.75. The van der Waals surface area contributed by atoms with E-state index in [0.717, 1.165) is 7.11 Å². The summed E-state index contributed by atoms with van der Waals surface area (Å²) in [5, 5.41) is -0.704. The highest BCUT2D eigenvalue weighted by Crippen LogP contribution is 2.35. The molecule has 0 radical (unpaired) electrons. The van der Waals surface area contributed by atoms with Gasteiger partial charge in [0.05, 0.1) is 24.1 Å². The predicted octanol–water partition coefficient (Wildman–Crippen LogP) is 3.06. The van der Waals surface area contributed by atoms with Crippen molar-refractivity contribution < 1.29 is 27.1 Å². The smallest absolute Gasteiger partial charge is 0.416 e. The third-order valence-electron chi connectivity index (χ3n) is 2.40. The van der Waals surface area contributed by atoms with E-state index in [1.807, 2.05) is 0 Å². The number of halogens is 5. The third-order valence-corrected chi connectivity index (χ3v) is 2.67. The number of hydrogen-bond donors (Lipinski definition) is 1. The molecule has 0 spiro atoms. The van der Waals surface area contributed by atoms with Crippen LogP contribution in [0.15, 0.2) is 12.1 Å². The van der Waals surface area contributed by atoms with E-state index >= 15 is 0 Å². The van der Waals surface area contributed by atoms with Crippen molar-refractivity contribution in [2.24, 2.45) is 5.73 Å². The van der Waals surface area contributed by atoms with Gasteiger partial charge in [0.2, 0.25) is 0 Å². The zero-order valence-electron chi connectivity index (χ0n) is 9.72. The van der Waals surface area contributed by atoms with Crippen molar-refractivity contribution in [3.8, 4) is 0 Å². The Balaban J connectivity index is 3.19. The lowest BCUT2D eigenvalue weighted by Gasteiger charge is -2.15. The minimum absolute atomic E-state index is 0.453. The second-order valence-electron chi connectivity index (χ2n) is 3.75. The molecular formula is C11H10ClF4NO2. The Morgan fingerprint density at radius 3 is 2.53 bits per heavy atom. The first kappa shape index (κ1) is 15.7. The summed E-state index contributed by atoms with van der Waals surface area (Å²) in [7, 11) is 1.09. The van der Waals surface area contributed by atoms with Crippen LogP contribution in [0.2, 0.25) is 5.02 Å². The van der Waals surface area contributed by atoms with Crippen molar-refractivity contribution in [2.75, 3.05) is 7.11 Å². The fraction of sp³-hybridized carbons (Fsp3) is 0.364. The van der Waals surface area contributed by atoms with Crippen LogP contribution in [0, 0.1) is 5.82 Å². The van der Waals surface area contributed by atoms with Gasteiger partial charge in [0, 0.05) is 11.6 Å². The molecule has 3 nitrogen and oxygen atoms in total. The van der Waals surface area contributed by atoms with Gasteiger partial charge in [0.25, 0.3) is 0 Å². The van der Waals surface area contributed by atoms with Gasteiger partial charge in [-0.3, -0.25) is 4.79 Å². The lowest BCUT2D eigenvalue weighted by molar-refractivity contribution is -0.141. The van der Waals surface area contributed by atoms with E-state index in [9.17, 15) is 22.4 Å². The summed E-state index contributed by atoms with van der Waals surface area (Å²) in [6, 6.07) is -0.271. The van der Waals surface area contributed by atoms with Crippen molar-refractivity contribution in [2.45, 2.75) is 18.6 Å². The Labute approximate surface area is 111 Å². The SMILES string of the molecule is COC(=O)C[C@@H](N)c1cc(C(F)(F)F)cc(Cl)c1F. The summed E-state index contributed by atoms with van der Waals surface area (Å²) in [5.74, 6) is -1.84. The number of methoxy groups -OCH3 is 1. The molecule has 0 aliphatic heterocycles. The van der Waals surface area contributed by atoms with E-state index in [1.54, 1.807) is 0 Å². The van der Waals surface area contributed by atoms with Crippen LogP contribution in [0.3, 0.4) is 0 Å². The molecule has 1 aromatic rings. The van der Waals surface area contributed by atoms with E-state index in [1.165, 1.54) is 0 Å². The first-order valence-electron chi connectivity index (χ1n) is 5.05. The number of rotatable bonds is 3. The third kappa shape index (κ3) is 3.81. The molecule has 2 N–H and O–H groups in total. The summed E-state index contributed by atoms with van der Waals surface area (Å²) in [6.45, 7) is 0. The molecule has 0 unspecified atom stereocenters. The minimum atomic E-state index is -4.68. The first-order chi connectivity index (χ1) is 8.66. The van der Waals surface area contributed by atoms with Crippen molar-refractivity contribution in [3.05, 3.63) is 34.1 Å². The maximum absolute atomic E-state index is 13.6. The van der Waals surface area contributed by atoms with Gasteiger partial charge in [-0.25, -0.2) is 4.39 Å². The average Bonchev–Trinajstić information content (AvgIpc) is 2.30.